The molecule has 4 N–H and O–H groups in total. The minimum Gasteiger partial charge on any atom is -0.463 e. The van der Waals surface area contributed by atoms with E-state index in [0.717, 1.165) is 15.9 Å². The van der Waals surface area contributed by atoms with E-state index >= 15 is 0 Å². The van der Waals surface area contributed by atoms with Gasteiger partial charge in [0.1, 0.15) is 6.10 Å². The molecule has 6 atom stereocenters. The highest BCUT2D eigenvalue weighted by Crippen LogP contribution is 2.41. The monoisotopic (exact) mass is 1030 g/mol. The molecular weight excluding hydrogens is 957 g/mol. The molecule has 14 heteroatoms. The summed E-state index contributed by atoms with van der Waals surface area (Å²) in [5.41, 5.74) is 15.3. The van der Waals surface area contributed by atoms with Crippen molar-refractivity contribution < 1.29 is 40.5 Å². The topological polar surface area (TPSA) is 166 Å². The SMILES string of the molecule is CCOC(=O)C1=C[C@@H](C)[C@H](N)[C@H](O[Si](c2ccccc2)(c2ccccc2)C(C)(C)C)C1.CCOC(=O)C1=C[C@H](OS(=O)(=O)c2ccc(C)cc2)[C@H](N)[C@H](O[Si](c2ccccc2)(c2ccccc2)C(C)(C)C)C1. The van der Waals surface area contributed by atoms with Crippen LogP contribution < -0.4 is 32.2 Å². The van der Waals surface area contributed by atoms with Gasteiger partial charge in [-0.1, -0.05) is 194 Å². The van der Waals surface area contributed by atoms with E-state index in [1.165, 1.54) is 28.6 Å². The van der Waals surface area contributed by atoms with Gasteiger partial charge in [0.2, 0.25) is 0 Å². The average molecular weight is 1030 g/mol. The van der Waals surface area contributed by atoms with Crippen molar-refractivity contribution in [3.05, 3.63) is 174 Å². The Morgan fingerprint density at radius 2 is 0.903 bits per heavy atom. The first-order valence-electron chi connectivity index (χ1n) is 24.9. The molecule has 0 saturated heterocycles. The van der Waals surface area contributed by atoms with Crippen LogP contribution in [0.2, 0.25) is 10.1 Å². The Morgan fingerprint density at radius 1 is 0.556 bits per heavy atom. The molecule has 0 amide bonds. The summed E-state index contributed by atoms with van der Waals surface area (Å²) in [5.74, 6) is -0.787. The molecule has 384 valence electrons. The number of esters is 2. The molecule has 0 spiro atoms. The largest absolute Gasteiger partial charge is 0.463 e. The first-order valence-corrected chi connectivity index (χ1v) is 30.2. The third kappa shape index (κ3) is 12.4. The molecule has 2 aliphatic carbocycles. The predicted octanol–water partition coefficient (Wildman–Crippen LogP) is 8.02. The fraction of sp³-hybridized carbons (Fsp3) is 0.379. The van der Waals surface area contributed by atoms with Gasteiger partial charge in [-0.2, -0.15) is 8.42 Å². The van der Waals surface area contributed by atoms with Crippen LogP contribution in [0.3, 0.4) is 0 Å². The van der Waals surface area contributed by atoms with Crippen molar-refractivity contribution in [2.24, 2.45) is 17.4 Å². The summed E-state index contributed by atoms with van der Waals surface area (Å²) >= 11 is 0. The van der Waals surface area contributed by atoms with Crippen LogP contribution in [-0.4, -0.2) is 80.6 Å². The smallest absolute Gasteiger partial charge is 0.333 e. The van der Waals surface area contributed by atoms with Crippen molar-refractivity contribution >= 4 is 59.4 Å². The molecule has 0 fully saturated rings. The molecule has 0 saturated carbocycles. The van der Waals surface area contributed by atoms with Gasteiger partial charge >= 0.3 is 11.9 Å². The number of rotatable bonds is 15. The van der Waals surface area contributed by atoms with Gasteiger partial charge in [-0.15, -0.1) is 0 Å². The quantitative estimate of drug-likeness (QED) is 0.0593. The van der Waals surface area contributed by atoms with Crippen LogP contribution in [0.15, 0.2) is 174 Å². The number of nitrogens with two attached hydrogens (primary N) is 2. The summed E-state index contributed by atoms with van der Waals surface area (Å²) in [6.07, 6.45) is 1.91. The summed E-state index contributed by atoms with van der Waals surface area (Å²) in [6.45, 7) is 21.2. The molecule has 72 heavy (non-hydrogen) atoms. The highest BCUT2D eigenvalue weighted by molar-refractivity contribution is 7.86. The van der Waals surface area contributed by atoms with E-state index in [0.29, 0.717) is 18.6 Å². The molecule has 11 nitrogen and oxygen atoms in total. The molecule has 0 radical (unpaired) electrons. The van der Waals surface area contributed by atoms with Crippen molar-refractivity contribution in [3.63, 3.8) is 0 Å². The van der Waals surface area contributed by atoms with E-state index in [1.807, 2.05) is 75.4 Å². The standard InChI is InChI=1S/C32H39NO6SSi.C26H35NO3Si/c1-6-37-31(34)24-21-28(38-40(35,36)25-19-17-23(2)18-20-25)30(33)29(22-24)39-41(32(3,4)5,26-13-9-7-10-14-26)27-15-11-8-12-16-27;1-6-29-25(28)20-17-19(2)24(27)23(18-20)30-31(26(3,4)5,21-13-9-7-10-14-21)22-15-11-8-12-16-22/h7-21,28-30H,6,22,33H2,1-5H3;7-17,19,23-24H,6,18,27H2,1-5H3/t28-,29+,30-;19-,23-,24+/m01/s1. The van der Waals surface area contributed by atoms with Crippen molar-refractivity contribution in [2.45, 2.75) is 127 Å². The average Bonchev–Trinajstić information content (AvgIpc) is 3.35. The number of hydrogen-bond acceptors (Lipinski definition) is 11. The van der Waals surface area contributed by atoms with Gasteiger partial charge in [0.05, 0.1) is 36.4 Å². The highest BCUT2D eigenvalue weighted by atomic mass is 32.2. The molecule has 5 aromatic carbocycles. The normalized spacial score (nSPS) is 20.8. The maximum Gasteiger partial charge on any atom is 0.333 e. The fourth-order valence-corrected chi connectivity index (χ4v) is 20.4. The lowest BCUT2D eigenvalue weighted by atomic mass is 9.85. The number of ether oxygens (including phenoxy) is 2. The summed E-state index contributed by atoms with van der Waals surface area (Å²) in [4.78, 5) is 25.5. The summed E-state index contributed by atoms with van der Waals surface area (Å²) in [7, 11) is -10.0. The van der Waals surface area contributed by atoms with Crippen LogP contribution >= 0.6 is 0 Å². The Hall–Kier alpha value is -5.30. The fourth-order valence-electron chi connectivity index (χ4n) is 9.96. The minimum atomic E-state index is -4.19. The predicted molar refractivity (Wildman–Crippen MR) is 292 cm³/mol. The highest BCUT2D eigenvalue weighted by Gasteiger charge is 2.55. The van der Waals surface area contributed by atoms with E-state index in [9.17, 15) is 18.0 Å². The lowest BCUT2D eigenvalue weighted by molar-refractivity contribution is -0.140. The number of carbonyl (C=O) groups excluding carboxylic acids is 2. The molecule has 0 aromatic heterocycles. The van der Waals surface area contributed by atoms with Crippen LogP contribution in [0.5, 0.6) is 0 Å². The van der Waals surface area contributed by atoms with E-state index in [1.54, 1.807) is 19.1 Å². The number of aryl methyl sites for hydroxylation is 1. The Labute approximate surface area is 430 Å². The third-order valence-electron chi connectivity index (χ3n) is 13.6. The second-order valence-corrected chi connectivity index (χ2v) is 30.8. The maximum atomic E-state index is 13.3. The minimum absolute atomic E-state index is 0.0106. The first kappa shape index (κ1) is 56.0. The van der Waals surface area contributed by atoms with E-state index < -0.39 is 51.0 Å². The van der Waals surface area contributed by atoms with Crippen molar-refractivity contribution in [2.75, 3.05) is 13.2 Å². The van der Waals surface area contributed by atoms with Gasteiger partial charge in [-0.3, -0.25) is 4.18 Å². The Kier molecular flexibility index (Phi) is 18.4. The lowest BCUT2D eigenvalue weighted by Gasteiger charge is -2.47. The molecular formula is C58H74N2O9SSi2. The zero-order valence-electron chi connectivity index (χ0n) is 43.5. The number of benzene rings is 5. The van der Waals surface area contributed by atoms with E-state index in [4.69, 9.17) is 34.0 Å². The zero-order chi connectivity index (χ0) is 52.5. The van der Waals surface area contributed by atoms with Crippen LogP contribution in [0.25, 0.3) is 0 Å². The van der Waals surface area contributed by atoms with Gasteiger partial charge in [0, 0.05) is 30.0 Å². The molecule has 0 heterocycles. The number of carbonyl (C=O) groups is 2. The van der Waals surface area contributed by atoms with Gasteiger partial charge < -0.3 is 29.8 Å². The molecule has 0 unspecified atom stereocenters. The first-order chi connectivity index (χ1) is 34.1. The van der Waals surface area contributed by atoms with Crippen LogP contribution in [0, 0.1) is 12.8 Å². The van der Waals surface area contributed by atoms with Gasteiger partial charge in [-0.05, 0) is 75.7 Å². The van der Waals surface area contributed by atoms with Crippen LogP contribution in [0.1, 0.15) is 80.7 Å². The molecule has 5 aromatic rings. The Morgan fingerprint density at radius 3 is 1.25 bits per heavy atom. The van der Waals surface area contributed by atoms with Crippen molar-refractivity contribution in [1.82, 2.24) is 0 Å². The zero-order valence-corrected chi connectivity index (χ0v) is 46.4. The molecule has 2 aliphatic rings. The lowest BCUT2D eigenvalue weighted by Crippen LogP contribution is -2.69. The third-order valence-corrected chi connectivity index (χ3v) is 25.1. The van der Waals surface area contributed by atoms with Gasteiger partial charge in [0.15, 0.2) is 0 Å². The molecule has 7 rings (SSSR count). The number of hydrogen-bond donors (Lipinski definition) is 2. The van der Waals surface area contributed by atoms with E-state index in [2.05, 4.69) is 114 Å². The van der Waals surface area contributed by atoms with Crippen LogP contribution in [0.4, 0.5) is 0 Å². The Bertz CT molecular complexity index is 2670. The maximum absolute atomic E-state index is 13.3. The van der Waals surface area contributed by atoms with Crippen molar-refractivity contribution in [3.8, 4) is 0 Å². The summed E-state index contributed by atoms with van der Waals surface area (Å²) < 4.78 is 57.4. The Balaban J connectivity index is 0.000000245. The van der Waals surface area contributed by atoms with Gasteiger partial charge in [-0.25, -0.2) is 9.59 Å². The van der Waals surface area contributed by atoms with E-state index in [-0.39, 0.29) is 57.6 Å². The van der Waals surface area contributed by atoms with Gasteiger partial charge in [0.25, 0.3) is 26.8 Å². The summed E-state index contributed by atoms with van der Waals surface area (Å²) in [6, 6.07) is 46.5. The summed E-state index contributed by atoms with van der Waals surface area (Å²) in [5, 5.41) is 4.00. The molecule has 0 aliphatic heterocycles. The second-order valence-electron chi connectivity index (χ2n) is 20.7. The second kappa shape index (κ2) is 23.7. The molecule has 0 bridgehead atoms. The van der Waals surface area contributed by atoms with Crippen molar-refractivity contribution in [1.29, 1.82) is 0 Å². The van der Waals surface area contributed by atoms with Crippen LogP contribution in [-0.2, 0) is 42.2 Å².